The van der Waals surface area contributed by atoms with Crippen LogP contribution in [0.1, 0.15) is 33.4 Å². The van der Waals surface area contributed by atoms with Crippen molar-refractivity contribution >= 4 is 78.6 Å². The summed E-state index contributed by atoms with van der Waals surface area (Å²) in [5.74, 6) is -0.312. The number of fused-ring (bicyclic) bond motifs is 2. The Morgan fingerprint density at radius 3 is 1.62 bits per heavy atom. The molecule has 1 aliphatic heterocycles. The monoisotopic (exact) mass is 922 g/mol. The molecule has 4 aromatic carbocycles. The van der Waals surface area contributed by atoms with Crippen molar-refractivity contribution in [2.75, 3.05) is 5.32 Å². The molecule has 6 N–H and O–H groups in total. The molecule has 0 radical (unpaired) electrons. The summed E-state index contributed by atoms with van der Waals surface area (Å²) >= 11 is 0. The Hall–Kier alpha value is -5.08. The molecule has 0 unspecified atom stereocenters. The van der Waals surface area contributed by atoms with Crippen molar-refractivity contribution in [1.29, 1.82) is 0 Å². The first kappa shape index (κ1) is 44.5. The third kappa shape index (κ3) is 8.20. The van der Waals surface area contributed by atoms with E-state index in [0.717, 1.165) is 30.3 Å². The van der Waals surface area contributed by atoms with Gasteiger partial charge in [0.2, 0.25) is 0 Å². The molecule has 4 aromatic rings. The third-order valence-corrected chi connectivity index (χ3v) is 14.6. The first-order chi connectivity index (χ1) is 27.4. The minimum Gasteiger partial charge on any atom is -0.456 e. The number of benzene rings is 5. The van der Waals surface area contributed by atoms with E-state index >= 15 is 0 Å². The molecule has 318 valence electrons. The Morgan fingerprint density at radius 2 is 1.07 bits per heavy atom. The first-order valence-electron chi connectivity index (χ1n) is 17.0. The predicted octanol–water partition coefficient (Wildman–Crippen LogP) is 6.26. The molecule has 0 atom stereocenters. The van der Waals surface area contributed by atoms with Gasteiger partial charge in [-0.15, -0.1) is 0 Å². The zero-order valence-electron chi connectivity index (χ0n) is 32.0. The van der Waals surface area contributed by atoms with E-state index in [-0.39, 0.29) is 67.0 Å². The summed E-state index contributed by atoms with van der Waals surface area (Å²) in [6.45, 7) is 8.52. The van der Waals surface area contributed by atoms with Crippen LogP contribution in [0.5, 0.6) is 0 Å². The highest BCUT2D eigenvalue weighted by Crippen LogP contribution is 2.46. The highest BCUT2D eigenvalue weighted by molar-refractivity contribution is 7.87. The van der Waals surface area contributed by atoms with Gasteiger partial charge in [0.15, 0.2) is 0 Å². The van der Waals surface area contributed by atoms with Crippen LogP contribution in [0.2, 0.25) is 0 Å². The summed E-state index contributed by atoms with van der Waals surface area (Å²) in [5, 5.41) is 1.94. The Kier molecular flexibility index (Phi) is 11.0. The van der Waals surface area contributed by atoms with Crippen LogP contribution >= 0.6 is 0 Å². The van der Waals surface area contributed by atoms with Gasteiger partial charge in [0, 0.05) is 39.9 Å². The van der Waals surface area contributed by atoms with Crippen molar-refractivity contribution in [3.05, 3.63) is 99.4 Å². The fourth-order valence-corrected chi connectivity index (χ4v) is 11.4. The van der Waals surface area contributed by atoms with Gasteiger partial charge in [-0.2, -0.15) is 42.1 Å². The number of rotatable bonds is 9. The molecule has 0 saturated heterocycles. The molecule has 1 aliphatic carbocycles. The van der Waals surface area contributed by atoms with Crippen LogP contribution in [-0.4, -0.2) is 64.9 Å². The second kappa shape index (κ2) is 14.8. The second-order valence-electron chi connectivity index (χ2n) is 13.9. The Labute approximate surface area is 344 Å². The summed E-state index contributed by atoms with van der Waals surface area (Å²) in [6, 6.07) is 11.2. The third-order valence-electron chi connectivity index (χ3n) is 9.66. The van der Waals surface area contributed by atoms with Crippen LogP contribution < -0.4 is 10.7 Å². The van der Waals surface area contributed by atoms with Crippen molar-refractivity contribution < 1.29 is 69.3 Å². The largest absolute Gasteiger partial charge is 0.456 e. The molecule has 0 spiro atoms. The van der Waals surface area contributed by atoms with Gasteiger partial charge in [-0.1, -0.05) is 30.3 Å². The van der Waals surface area contributed by atoms with E-state index in [1.807, 2.05) is 0 Å². The SMILES string of the molecule is Cc1cc(C)c(S(=O)(=O)O)c(C)c1/N=c1\cc2oc3cc(Nc4c(C)cc(C)c(S(=O)(=O)O)c4C)c(S(=O)(=O)O)cc3c(-c3ccccc3S(=O)(=O)O)c-2cc1S(=O)(=O)O. The van der Waals surface area contributed by atoms with E-state index in [2.05, 4.69) is 10.3 Å². The van der Waals surface area contributed by atoms with Crippen LogP contribution in [0.25, 0.3) is 33.4 Å². The van der Waals surface area contributed by atoms with Crippen LogP contribution in [0, 0.1) is 41.5 Å². The molecule has 60 heavy (non-hydrogen) atoms. The Bertz CT molecular complexity index is 3490. The molecule has 18 nitrogen and oxygen atoms in total. The highest BCUT2D eigenvalue weighted by atomic mass is 32.2. The average molecular weight is 923 g/mol. The first-order valence-corrected chi connectivity index (χ1v) is 24.2. The molecule has 6 rings (SSSR count). The highest BCUT2D eigenvalue weighted by Gasteiger charge is 2.30. The molecular weight excluding hydrogens is 889 g/mol. The predicted molar refractivity (Wildman–Crippen MR) is 217 cm³/mol. The number of nitrogens with one attached hydrogen (secondary N) is 1. The zero-order chi connectivity index (χ0) is 44.8. The lowest BCUT2D eigenvalue weighted by Gasteiger charge is -2.21. The van der Waals surface area contributed by atoms with E-state index in [1.165, 1.54) is 65.0 Å². The van der Waals surface area contributed by atoms with Gasteiger partial charge < -0.3 is 9.73 Å². The minimum atomic E-state index is -5.28. The summed E-state index contributed by atoms with van der Waals surface area (Å²) in [4.78, 5) is 0.812. The number of hydrogen-bond donors (Lipinski definition) is 6. The van der Waals surface area contributed by atoms with E-state index in [0.29, 0.717) is 11.1 Å². The smallest absolute Gasteiger partial charge is 0.296 e. The number of hydrogen-bond acceptors (Lipinski definition) is 13. The van der Waals surface area contributed by atoms with E-state index in [9.17, 15) is 64.9 Å². The lowest BCUT2D eigenvalue weighted by molar-refractivity contribution is 0.479. The molecule has 23 heteroatoms. The summed E-state index contributed by atoms with van der Waals surface area (Å²) in [6.07, 6.45) is 0. The number of nitrogens with zero attached hydrogens (tertiary/aromatic N) is 1. The maximum Gasteiger partial charge on any atom is 0.296 e. The van der Waals surface area contributed by atoms with Crippen LogP contribution in [0.4, 0.5) is 17.1 Å². The summed E-state index contributed by atoms with van der Waals surface area (Å²) in [7, 11) is -25.3. The number of anilines is 2. The quantitative estimate of drug-likeness (QED) is 0.0688. The molecule has 1 heterocycles. The molecule has 0 fully saturated rings. The fraction of sp³-hybridized carbons (Fsp3) is 0.162. The van der Waals surface area contributed by atoms with Crippen molar-refractivity contribution in [3.63, 3.8) is 0 Å². The topological polar surface area (TPSA) is 309 Å². The summed E-state index contributed by atoms with van der Waals surface area (Å²) < 4.78 is 185. The minimum absolute atomic E-state index is 0.0119. The van der Waals surface area contributed by atoms with Crippen molar-refractivity contribution in [2.45, 2.75) is 66.0 Å². The van der Waals surface area contributed by atoms with Crippen LogP contribution in [0.15, 0.2) is 94.6 Å². The second-order valence-corrected chi connectivity index (χ2v) is 20.8. The average Bonchev–Trinajstić information content (AvgIpc) is 3.07. The maximum absolute atomic E-state index is 13.1. The van der Waals surface area contributed by atoms with Gasteiger partial charge in [0.05, 0.1) is 16.7 Å². The van der Waals surface area contributed by atoms with Gasteiger partial charge in [0.1, 0.15) is 35.8 Å². The zero-order valence-corrected chi connectivity index (χ0v) is 36.1. The molecule has 2 aliphatic rings. The van der Waals surface area contributed by atoms with Gasteiger partial charge in [-0.25, -0.2) is 4.99 Å². The van der Waals surface area contributed by atoms with E-state index in [1.54, 1.807) is 6.92 Å². The van der Waals surface area contributed by atoms with Gasteiger partial charge >= 0.3 is 0 Å². The van der Waals surface area contributed by atoms with Crippen molar-refractivity contribution in [2.24, 2.45) is 4.99 Å². The molecule has 0 amide bonds. The molecule has 0 bridgehead atoms. The summed E-state index contributed by atoms with van der Waals surface area (Å²) in [5.41, 5.74) is -0.999. The van der Waals surface area contributed by atoms with E-state index in [4.69, 9.17) is 4.42 Å². The van der Waals surface area contributed by atoms with Gasteiger partial charge in [-0.3, -0.25) is 22.8 Å². The van der Waals surface area contributed by atoms with Crippen LogP contribution in [-0.2, 0) is 50.6 Å². The molecule has 0 saturated carbocycles. The standard InChI is InChI=1S/C37H34N2O16S5/c1-17-11-19(3)36(59(49,50)51)21(5)34(17)38-26-15-28-24(13-31(26)57(43,44)45)33(23-9-7-8-10-30(23)56(40,41)42)25-14-32(58(46,47)48)27(16-29(25)55-28)39-35-18(2)12-20(4)37(22(35)6)60(52,53)54/h7-16,38H,1-6H3,(H,40,41,42)(H,43,44,45)(H,46,47,48)(H,49,50,51)(H,52,53,54)/b39-27+. The lowest BCUT2D eigenvalue weighted by Crippen LogP contribution is -2.17. The normalized spacial score (nSPS) is 13.3. The van der Waals surface area contributed by atoms with Gasteiger partial charge in [-0.05, 0) is 93.1 Å². The molecular formula is C37H34N2O16S5. The van der Waals surface area contributed by atoms with Crippen molar-refractivity contribution in [1.82, 2.24) is 0 Å². The van der Waals surface area contributed by atoms with Crippen LogP contribution in [0.3, 0.4) is 0 Å². The lowest BCUT2D eigenvalue weighted by atomic mass is 9.93. The van der Waals surface area contributed by atoms with E-state index < -0.39 is 86.1 Å². The fourth-order valence-electron chi connectivity index (χ4n) is 7.46. The number of aryl methyl sites for hydroxylation is 4. The Morgan fingerprint density at radius 1 is 0.533 bits per heavy atom. The molecule has 0 aromatic heterocycles. The maximum atomic E-state index is 13.1. The van der Waals surface area contributed by atoms with Crippen molar-refractivity contribution in [3.8, 4) is 22.5 Å². The van der Waals surface area contributed by atoms with Gasteiger partial charge in [0.25, 0.3) is 50.6 Å². The Balaban J connectivity index is 1.84.